The lowest BCUT2D eigenvalue weighted by Gasteiger charge is -2.23. The molecule has 1 aromatic rings. The number of ether oxygens (including phenoxy) is 2. The molecule has 0 radical (unpaired) electrons. The van der Waals surface area contributed by atoms with E-state index in [4.69, 9.17) is 9.47 Å². The second-order valence-corrected chi connectivity index (χ2v) is 4.92. The van der Waals surface area contributed by atoms with E-state index in [2.05, 4.69) is 30.5 Å². The fraction of sp³-hybridized carbons (Fsp3) is 0.600. The van der Waals surface area contributed by atoms with Crippen molar-refractivity contribution in [2.45, 2.75) is 32.9 Å². The summed E-state index contributed by atoms with van der Waals surface area (Å²) in [6.45, 7) is 7.16. The van der Waals surface area contributed by atoms with Crippen LogP contribution in [0.1, 0.15) is 31.0 Å². The van der Waals surface area contributed by atoms with E-state index in [9.17, 15) is 0 Å². The SMILES string of the molecule is CNC(CNC(C)C)c1ccc(OC)c(C)c1OC. The maximum absolute atomic E-state index is 5.56. The van der Waals surface area contributed by atoms with Crippen molar-refractivity contribution in [1.29, 1.82) is 0 Å². The normalized spacial score (nSPS) is 12.6. The van der Waals surface area contributed by atoms with Crippen molar-refractivity contribution in [1.82, 2.24) is 10.6 Å². The molecule has 0 saturated carbocycles. The van der Waals surface area contributed by atoms with Gasteiger partial charge in [0.1, 0.15) is 11.5 Å². The molecule has 0 amide bonds. The summed E-state index contributed by atoms with van der Waals surface area (Å²) in [5, 5.41) is 6.77. The smallest absolute Gasteiger partial charge is 0.130 e. The molecular formula is C15H26N2O2. The summed E-state index contributed by atoms with van der Waals surface area (Å²) in [5.41, 5.74) is 2.18. The summed E-state index contributed by atoms with van der Waals surface area (Å²) in [5.74, 6) is 1.75. The Labute approximate surface area is 116 Å². The Bertz CT molecular complexity index is 405. The van der Waals surface area contributed by atoms with E-state index >= 15 is 0 Å². The molecule has 0 aliphatic rings. The molecule has 1 rings (SSSR count). The van der Waals surface area contributed by atoms with Crippen molar-refractivity contribution >= 4 is 0 Å². The average Bonchev–Trinajstić information content (AvgIpc) is 2.39. The molecule has 0 fully saturated rings. The van der Waals surface area contributed by atoms with Crippen LogP contribution in [0.5, 0.6) is 11.5 Å². The molecule has 0 aliphatic heterocycles. The monoisotopic (exact) mass is 266 g/mol. The van der Waals surface area contributed by atoms with Crippen LogP contribution in [0.2, 0.25) is 0 Å². The van der Waals surface area contributed by atoms with Crippen molar-refractivity contribution in [2.75, 3.05) is 27.8 Å². The lowest BCUT2D eigenvalue weighted by atomic mass is 10.0. The van der Waals surface area contributed by atoms with Crippen LogP contribution in [0.25, 0.3) is 0 Å². The van der Waals surface area contributed by atoms with Crippen LogP contribution in [-0.2, 0) is 0 Å². The van der Waals surface area contributed by atoms with Gasteiger partial charge in [0.2, 0.25) is 0 Å². The van der Waals surface area contributed by atoms with Crippen LogP contribution < -0.4 is 20.1 Å². The Morgan fingerprint density at radius 1 is 1.16 bits per heavy atom. The van der Waals surface area contributed by atoms with Crippen molar-refractivity contribution in [3.8, 4) is 11.5 Å². The van der Waals surface area contributed by atoms with Crippen LogP contribution in [0, 0.1) is 6.92 Å². The quantitative estimate of drug-likeness (QED) is 0.794. The molecule has 1 atom stereocenters. The zero-order chi connectivity index (χ0) is 14.4. The summed E-state index contributed by atoms with van der Waals surface area (Å²) < 4.78 is 10.9. The first-order valence-corrected chi connectivity index (χ1v) is 6.67. The van der Waals surface area contributed by atoms with E-state index in [1.54, 1.807) is 14.2 Å². The van der Waals surface area contributed by atoms with Gasteiger partial charge in [0.05, 0.1) is 14.2 Å². The highest BCUT2D eigenvalue weighted by molar-refractivity contribution is 5.50. The van der Waals surface area contributed by atoms with Gasteiger partial charge in [-0.25, -0.2) is 0 Å². The molecule has 0 aliphatic carbocycles. The predicted molar refractivity (Wildman–Crippen MR) is 79.2 cm³/mol. The van der Waals surface area contributed by atoms with Crippen LogP contribution in [0.4, 0.5) is 0 Å². The Morgan fingerprint density at radius 3 is 2.32 bits per heavy atom. The molecule has 2 N–H and O–H groups in total. The van der Waals surface area contributed by atoms with Gasteiger partial charge in [-0.05, 0) is 26.1 Å². The first kappa shape index (κ1) is 15.8. The Hall–Kier alpha value is -1.26. The molecule has 0 spiro atoms. The number of benzene rings is 1. The lowest BCUT2D eigenvalue weighted by molar-refractivity contribution is 0.377. The fourth-order valence-corrected chi connectivity index (χ4v) is 2.18. The molecule has 0 heterocycles. The van der Waals surface area contributed by atoms with Gasteiger partial charge in [0.15, 0.2) is 0 Å². The van der Waals surface area contributed by atoms with Gasteiger partial charge in [-0.1, -0.05) is 13.8 Å². The van der Waals surface area contributed by atoms with E-state index in [0.29, 0.717) is 6.04 Å². The van der Waals surface area contributed by atoms with Crippen molar-refractivity contribution in [3.05, 3.63) is 23.3 Å². The highest BCUT2D eigenvalue weighted by Crippen LogP contribution is 2.34. The van der Waals surface area contributed by atoms with Gasteiger partial charge in [-0.3, -0.25) is 0 Å². The van der Waals surface area contributed by atoms with Gasteiger partial charge >= 0.3 is 0 Å². The molecule has 0 aromatic heterocycles. The topological polar surface area (TPSA) is 42.5 Å². The van der Waals surface area contributed by atoms with Crippen LogP contribution in [0.3, 0.4) is 0 Å². The Morgan fingerprint density at radius 2 is 1.84 bits per heavy atom. The third-order valence-electron chi connectivity index (χ3n) is 3.26. The summed E-state index contributed by atoms with van der Waals surface area (Å²) in [6, 6.07) is 4.73. The van der Waals surface area contributed by atoms with Crippen LogP contribution >= 0.6 is 0 Å². The van der Waals surface area contributed by atoms with Crippen molar-refractivity contribution in [2.24, 2.45) is 0 Å². The van der Waals surface area contributed by atoms with E-state index in [1.807, 2.05) is 20.0 Å². The van der Waals surface area contributed by atoms with Gasteiger partial charge in [-0.2, -0.15) is 0 Å². The number of likely N-dealkylation sites (N-methyl/N-ethyl adjacent to an activating group) is 1. The van der Waals surface area contributed by atoms with Gasteiger partial charge in [-0.15, -0.1) is 0 Å². The lowest BCUT2D eigenvalue weighted by Crippen LogP contribution is -2.33. The summed E-state index contributed by atoms with van der Waals surface area (Å²) >= 11 is 0. The molecule has 0 saturated heterocycles. The third-order valence-corrected chi connectivity index (χ3v) is 3.26. The Kier molecular flexibility index (Phi) is 6.12. The zero-order valence-electron chi connectivity index (χ0n) is 12.8. The van der Waals surface area contributed by atoms with E-state index in [1.165, 1.54) is 0 Å². The van der Waals surface area contributed by atoms with Gasteiger partial charge in [0, 0.05) is 29.8 Å². The minimum atomic E-state index is 0.210. The third kappa shape index (κ3) is 3.85. The molecule has 4 nitrogen and oxygen atoms in total. The van der Waals surface area contributed by atoms with E-state index in [0.717, 1.165) is 29.2 Å². The molecular weight excluding hydrogens is 240 g/mol. The average molecular weight is 266 g/mol. The number of nitrogens with one attached hydrogen (secondary N) is 2. The molecule has 19 heavy (non-hydrogen) atoms. The predicted octanol–water partition coefficient (Wildman–Crippen LogP) is 2.27. The largest absolute Gasteiger partial charge is 0.496 e. The van der Waals surface area contributed by atoms with Crippen LogP contribution in [-0.4, -0.2) is 33.9 Å². The van der Waals surface area contributed by atoms with Crippen LogP contribution in [0.15, 0.2) is 12.1 Å². The number of rotatable bonds is 7. The number of methoxy groups -OCH3 is 2. The second-order valence-electron chi connectivity index (χ2n) is 4.92. The molecule has 0 bridgehead atoms. The zero-order valence-corrected chi connectivity index (χ0v) is 12.8. The molecule has 4 heteroatoms. The maximum Gasteiger partial charge on any atom is 0.130 e. The minimum absolute atomic E-state index is 0.210. The standard InChI is InChI=1S/C15H26N2O2/c1-10(2)17-9-13(16-4)12-7-8-14(18-5)11(3)15(12)19-6/h7-8,10,13,16-17H,9H2,1-6H3. The minimum Gasteiger partial charge on any atom is -0.496 e. The fourth-order valence-electron chi connectivity index (χ4n) is 2.18. The second kappa shape index (κ2) is 7.36. The summed E-state index contributed by atoms with van der Waals surface area (Å²) in [6.07, 6.45) is 0. The van der Waals surface area contributed by atoms with E-state index < -0.39 is 0 Å². The first-order chi connectivity index (χ1) is 9.04. The van der Waals surface area contributed by atoms with Crippen molar-refractivity contribution < 1.29 is 9.47 Å². The van der Waals surface area contributed by atoms with Gasteiger partial charge < -0.3 is 20.1 Å². The summed E-state index contributed by atoms with van der Waals surface area (Å²) in [7, 11) is 5.34. The highest BCUT2D eigenvalue weighted by atomic mass is 16.5. The molecule has 108 valence electrons. The van der Waals surface area contributed by atoms with Gasteiger partial charge in [0.25, 0.3) is 0 Å². The first-order valence-electron chi connectivity index (χ1n) is 6.67. The molecule has 1 aromatic carbocycles. The van der Waals surface area contributed by atoms with E-state index in [-0.39, 0.29) is 6.04 Å². The molecule has 1 unspecified atom stereocenters. The Balaban J connectivity index is 3.06. The number of hydrogen-bond acceptors (Lipinski definition) is 4. The van der Waals surface area contributed by atoms with Crippen molar-refractivity contribution in [3.63, 3.8) is 0 Å². The summed E-state index contributed by atoms with van der Waals surface area (Å²) in [4.78, 5) is 0. The maximum atomic E-state index is 5.56. The highest BCUT2D eigenvalue weighted by Gasteiger charge is 2.18. The number of hydrogen-bond donors (Lipinski definition) is 2.